The number of rotatable bonds is 8. The van der Waals surface area contributed by atoms with E-state index in [0.717, 1.165) is 10.2 Å². The summed E-state index contributed by atoms with van der Waals surface area (Å²) in [5.74, 6) is 2.43. The minimum absolute atomic E-state index is 0.219. The normalized spacial score (nSPS) is 12.9. The van der Waals surface area contributed by atoms with Gasteiger partial charge in [-0.05, 0) is 39.8 Å². The van der Waals surface area contributed by atoms with Crippen molar-refractivity contribution in [1.29, 1.82) is 0 Å². The summed E-state index contributed by atoms with van der Waals surface area (Å²) in [5, 5.41) is 0. The lowest BCUT2D eigenvalue weighted by molar-refractivity contribution is 0.0996. The number of thiazole rings is 1. The van der Waals surface area contributed by atoms with Crippen LogP contribution in [0.2, 0.25) is 0 Å². The number of ether oxygens (including phenoxy) is 5. The smallest absolute Gasteiger partial charge is 0.279 e. The molecule has 3 aromatic rings. The standard InChI is InChI=1S/C23H26N2O6S/c1-5-25-15-11-16-17(31-13-30-16)12-20(15)32-23(25)24-22(26)14-9-18(27-6-2)21(29-8-4)19(10-14)28-7-3/h9-12H,5-8,13H2,1-4H3. The molecule has 0 bridgehead atoms. The first-order chi connectivity index (χ1) is 15.6. The third kappa shape index (κ3) is 4.12. The van der Waals surface area contributed by atoms with Gasteiger partial charge in [0.05, 0.1) is 30.0 Å². The Bertz CT molecular complexity index is 1190. The third-order valence-corrected chi connectivity index (χ3v) is 5.89. The predicted molar refractivity (Wildman–Crippen MR) is 121 cm³/mol. The molecule has 8 nitrogen and oxygen atoms in total. The van der Waals surface area contributed by atoms with Crippen LogP contribution >= 0.6 is 11.3 Å². The molecular weight excluding hydrogens is 432 g/mol. The molecule has 0 spiro atoms. The molecule has 0 aliphatic carbocycles. The molecule has 2 heterocycles. The Labute approximate surface area is 190 Å². The molecule has 0 saturated heterocycles. The highest BCUT2D eigenvalue weighted by Gasteiger charge is 2.20. The van der Waals surface area contributed by atoms with Gasteiger partial charge in [0.25, 0.3) is 5.91 Å². The van der Waals surface area contributed by atoms with Crippen LogP contribution < -0.4 is 28.5 Å². The monoisotopic (exact) mass is 458 g/mol. The zero-order valence-corrected chi connectivity index (χ0v) is 19.4. The van der Waals surface area contributed by atoms with Gasteiger partial charge in [-0.15, -0.1) is 0 Å². The first-order valence-electron chi connectivity index (χ1n) is 10.7. The number of amides is 1. The van der Waals surface area contributed by atoms with Crippen molar-refractivity contribution >= 4 is 27.5 Å². The molecule has 0 fully saturated rings. The first kappa shape index (κ1) is 22.0. The van der Waals surface area contributed by atoms with E-state index in [9.17, 15) is 4.79 Å². The summed E-state index contributed by atoms with van der Waals surface area (Å²) >= 11 is 1.43. The van der Waals surface area contributed by atoms with Crippen LogP contribution in [0.15, 0.2) is 29.3 Å². The number of carbonyl (C=O) groups excluding carboxylic acids is 1. The molecule has 0 radical (unpaired) electrons. The summed E-state index contributed by atoms with van der Waals surface area (Å²) < 4.78 is 31.1. The van der Waals surface area contributed by atoms with Crippen molar-refractivity contribution in [2.75, 3.05) is 26.6 Å². The highest BCUT2D eigenvalue weighted by Crippen LogP contribution is 2.40. The lowest BCUT2D eigenvalue weighted by Gasteiger charge is -2.16. The van der Waals surface area contributed by atoms with Crippen molar-refractivity contribution in [3.63, 3.8) is 0 Å². The van der Waals surface area contributed by atoms with E-state index in [1.54, 1.807) is 12.1 Å². The maximum atomic E-state index is 13.2. The quantitative estimate of drug-likeness (QED) is 0.498. The minimum atomic E-state index is -0.385. The van der Waals surface area contributed by atoms with Crippen LogP contribution in [0, 0.1) is 0 Å². The third-order valence-electron chi connectivity index (χ3n) is 4.85. The van der Waals surface area contributed by atoms with Gasteiger partial charge in [-0.1, -0.05) is 11.3 Å². The summed E-state index contributed by atoms with van der Waals surface area (Å²) in [4.78, 5) is 18.2. The summed E-state index contributed by atoms with van der Waals surface area (Å²) in [5.41, 5.74) is 1.32. The molecule has 0 saturated carbocycles. The van der Waals surface area contributed by atoms with Crippen molar-refractivity contribution in [3.05, 3.63) is 34.6 Å². The van der Waals surface area contributed by atoms with Crippen molar-refractivity contribution in [3.8, 4) is 28.7 Å². The van der Waals surface area contributed by atoms with Crippen LogP contribution in [0.5, 0.6) is 28.7 Å². The SMILES string of the molecule is CCOc1cc(C(=O)N=c2sc3cc4c(cc3n2CC)OCO4)cc(OCC)c1OCC. The second-order valence-electron chi connectivity index (χ2n) is 6.82. The molecular formula is C23H26N2O6S. The topological polar surface area (TPSA) is 80.5 Å². The van der Waals surface area contributed by atoms with Gasteiger partial charge in [0.1, 0.15) is 0 Å². The van der Waals surface area contributed by atoms with Gasteiger partial charge in [0.15, 0.2) is 27.8 Å². The van der Waals surface area contributed by atoms with Crippen LogP contribution in [-0.4, -0.2) is 37.1 Å². The number of hydrogen-bond donors (Lipinski definition) is 0. The molecule has 0 N–H and O–H groups in total. The van der Waals surface area contributed by atoms with Crippen LogP contribution in [0.25, 0.3) is 10.2 Å². The van der Waals surface area contributed by atoms with Crippen LogP contribution in [-0.2, 0) is 6.54 Å². The van der Waals surface area contributed by atoms with Gasteiger partial charge < -0.3 is 28.3 Å². The number of carbonyl (C=O) groups is 1. The van der Waals surface area contributed by atoms with E-state index in [1.807, 2.05) is 44.4 Å². The van der Waals surface area contributed by atoms with Gasteiger partial charge in [-0.2, -0.15) is 4.99 Å². The largest absolute Gasteiger partial charge is 0.490 e. The van der Waals surface area contributed by atoms with E-state index in [-0.39, 0.29) is 12.7 Å². The fourth-order valence-electron chi connectivity index (χ4n) is 3.51. The van der Waals surface area contributed by atoms with Gasteiger partial charge in [-0.25, -0.2) is 0 Å². The predicted octanol–water partition coefficient (Wildman–Crippen LogP) is 4.39. The molecule has 1 amide bonds. The average molecular weight is 459 g/mol. The summed E-state index contributed by atoms with van der Waals surface area (Å²) in [6.07, 6.45) is 0. The second kappa shape index (κ2) is 9.52. The molecule has 1 aromatic heterocycles. The Morgan fingerprint density at radius 3 is 2.19 bits per heavy atom. The van der Waals surface area contributed by atoms with Gasteiger partial charge in [0, 0.05) is 24.2 Å². The van der Waals surface area contributed by atoms with Crippen LogP contribution in [0.4, 0.5) is 0 Å². The highest BCUT2D eigenvalue weighted by atomic mass is 32.1. The van der Waals surface area contributed by atoms with Crippen LogP contribution in [0.3, 0.4) is 0 Å². The lowest BCUT2D eigenvalue weighted by Crippen LogP contribution is -2.16. The zero-order chi connectivity index (χ0) is 22.7. The van der Waals surface area contributed by atoms with E-state index >= 15 is 0 Å². The van der Waals surface area contributed by atoms with Crippen LogP contribution in [0.1, 0.15) is 38.1 Å². The summed E-state index contributed by atoms with van der Waals surface area (Å²) in [7, 11) is 0. The Balaban J connectivity index is 1.80. The van der Waals surface area contributed by atoms with E-state index < -0.39 is 0 Å². The Morgan fingerprint density at radius 1 is 0.969 bits per heavy atom. The summed E-state index contributed by atoms with van der Waals surface area (Å²) in [6, 6.07) is 7.17. The molecule has 4 rings (SSSR count). The molecule has 1 aliphatic heterocycles. The first-order valence-corrected chi connectivity index (χ1v) is 11.5. The number of hydrogen-bond acceptors (Lipinski definition) is 7. The molecule has 170 valence electrons. The maximum Gasteiger partial charge on any atom is 0.279 e. The summed E-state index contributed by atoms with van der Waals surface area (Å²) in [6.45, 7) is 9.84. The number of benzene rings is 2. The van der Waals surface area contributed by atoms with E-state index in [4.69, 9.17) is 23.7 Å². The lowest BCUT2D eigenvalue weighted by atomic mass is 10.1. The van der Waals surface area contributed by atoms with E-state index in [0.29, 0.717) is 65.5 Å². The van der Waals surface area contributed by atoms with Crippen molar-refractivity contribution in [1.82, 2.24) is 4.57 Å². The molecule has 2 aromatic carbocycles. The number of fused-ring (bicyclic) bond motifs is 2. The number of aromatic nitrogens is 1. The molecule has 0 unspecified atom stereocenters. The molecule has 0 atom stereocenters. The average Bonchev–Trinajstić information content (AvgIpc) is 3.37. The Hall–Kier alpha value is -3.20. The molecule has 1 aliphatic rings. The number of aryl methyl sites for hydroxylation is 1. The Morgan fingerprint density at radius 2 is 1.59 bits per heavy atom. The maximum absolute atomic E-state index is 13.2. The molecule has 9 heteroatoms. The highest BCUT2D eigenvalue weighted by molar-refractivity contribution is 7.16. The van der Waals surface area contributed by atoms with Crippen molar-refractivity contribution in [2.45, 2.75) is 34.2 Å². The minimum Gasteiger partial charge on any atom is -0.490 e. The van der Waals surface area contributed by atoms with Gasteiger partial charge in [-0.3, -0.25) is 4.79 Å². The van der Waals surface area contributed by atoms with Gasteiger partial charge >= 0.3 is 0 Å². The van der Waals surface area contributed by atoms with E-state index in [2.05, 4.69) is 4.99 Å². The second-order valence-corrected chi connectivity index (χ2v) is 7.83. The fraction of sp³-hybridized carbons (Fsp3) is 0.391. The number of nitrogens with zero attached hydrogens (tertiary/aromatic N) is 2. The Kier molecular flexibility index (Phi) is 6.55. The zero-order valence-electron chi connectivity index (χ0n) is 18.6. The van der Waals surface area contributed by atoms with E-state index in [1.165, 1.54) is 11.3 Å². The molecule has 32 heavy (non-hydrogen) atoms. The van der Waals surface area contributed by atoms with Crippen molar-refractivity contribution in [2.24, 2.45) is 4.99 Å². The van der Waals surface area contributed by atoms with Crippen molar-refractivity contribution < 1.29 is 28.5 Å². The van der Waals surface area contributed by atoms with Gasteiger partial charge in [0.2, 0.25) is 12.5 Å². The fourth-order valence-corrected chi connectivity index (χ4v) is 4.62.